The fourth-order valence-corrected chi connectivity index (χ4v) is 2.78. The third-order valence-electron chi connectivity index (χ3n) is 4.00. The molecule has 2 aromatic carbocycles. The van der Waals surface area contributed by atoms with Crippen LogP contribution in [0.4, 0.5) is 5.69 Å². The molecule has 0 bridgehead atoms. The van der Waals surface area contributed by atoms with Crippen molar-refractivity contribution in [2.45, 2.75) is 25.4 Å². The average molecular weight is 312 g/mol. The van der Waals surface area contributed by atoms with Crippen molar-refractivity contribution in [1.82, 2.24) is 5.32 Å². The van der Waals surface area contributed by atoms with Gasteiger partial charge in [-0.1, -0.05) is 24.3 Å². The summed E-state index contributed by atoms with van der Waals surface area (Å²) >= 11 is 0. The first-order valence-corrected chi connectivity index (χ1v) is 8.25. The van der Waals surface area contributed by atoms with Crippen molar-refractivity contribution in [2.24, 2.45) is 0 Å². The van der Waals surface area contributed by atoms with Crippen LogP contribution in [-0.4, -0.2) is 25.8 Å². The Balaban J connectivity index is 1.30. The molecule has 0 amide bonds. The molecule has 0 saturated carbocycles. The Morgan fingerprint density at radius 3 is 3.00 bits per heavy atom. The summed E-state index contributed by atoms with van der Waals surface area (Å²) in [5.74, 6) is 1.87. The largest absolute Gasteiger partial charge is 0.493 e. The molecule has 0 fully saturated rings. The third-order valence-corrected chi connectivity index (χ3v) is 4.00. The summed E-state index contributed by atoms with van der Waals surface area (Å²) in [5, 5.41) is 3.45. The molecule has 1 heterocycles. The van der Waals surface area contributed by atoms with Gasteiger partial charge in [0.15, 0.2) is 0 Å². The van der Waals surface area contributed by atoms with Crippen LogP contribution in [0.1, 0.15) is 18.4 Å². The highest BCUT2D eigenvalue weighted by molar-refractivity contribution is 5.43. The van der Waals surface area contributed by atoms with Gasteiger partial charge in [-0.15, -0.1) is 0 Å². The number of aryl methyl sites for hydroxylation is 1. The van der Waals surface area contributed by atoms with Crippen LogP contribution < -0.4 is 20.5 Å². The molecule has 0 saturated heterocycles. The monoisotopic (exact) mass is 312 g/mol. The number of rotatable bonds is 7. The fourth-order valence-electron chi connectivity index (χ4n) is 2.78. The third kappa shape index (κ3) is 4.63. The zero-order valence-corrected chi connectivity index (χ0v) is 13.3. The number of ether oxygens (including phenoxy) is 2. The van der Waals surface area contributed by atoms with Crippen molar-refractivity contribution in [2.75, 3.05) is 25.4 Å². The summed E-state index contributed by atoms with van der Waals surface area (Å²) < 4.78 is 11.7. The number of nitrogen functional groups attached to an aromatic ring is 1. The van der Waals surface area contributed by atoms with Gasteiger partial charge in [0.25, 0.3) is 0 Å². The number of benzene rings is 2. The minimum Gasteiger partial charge on any atom is -0.493 e. The Kier molecular flexibility index (Phi) is 5.37. The zero-order chi connectivity index (χ0) is 15.9. The first-order valence-electron chi connectivity index (χ1n) is 8.25. The predicted molar refractivity (Wildman–Crippen MR) is 93.0 cm³/mol. The van der Waals surface area contributed by atoms with E-state index in [1.165, 1.54) is 5.56 Å². The van der Waals surface area contributed by atoms with E-state index >= 15 is 0 Å². The maximum Gasteiger partial charge on any atom is 0.122 e. The summed E-state index contributed by atoms with van der Waals surface area (Å²) in [6.07, 6.45) is 3.39. The molecule has 0 aliphatic carbocycles. The van der Waals surface area contributed by atoms with Crippen LogP contribution in [0.5, 0.6) is 11.5 Å². The van der Waals surface area contributed by atoms with E-state index in [0.717, 1.165) is 49.5 Å². The van der Waals surface area contributed by atoms with Crippen LogP contribution in [0.3, 0.4) is 0 Å². The predicted octanol–water partition coefficient (Wildman–Crippen LogP) is 3.02. The lowest BCUT2D eigenvalue weighted by molar-refractivity contribution is 0.169. The van der Waals surface area contributed by atoms with E-state index in [9.17, 15) is 0 Å². The molecule has 1 aliphatic rings. The second-order valence-corrected chi connectivity index (χ2v) is 5.86. The highest BCUT2D eigenvalue weighted by Gasteiger charge is 2.18. The number of fused-ring (bicyclic) bond motifs is 1. The molecule has 3 N–H and O–H groups in total. The van der Waals surface area contributed by atoms with Gasteiger partial charge >= 0.3 is 0 Å². The van der Waals surface area contributed by atoms with Gasteiger partial charge < -0.3 is 20.5 Å². The molecule has 0 spiro atoms. The van der Waals surface area contributed by atoms with Gasteiger partial charge in [0.05, 0.1) is 6.61 Å². The summed E-state index contributed by atoms with van der Waals surface area (Å²) in [7, 11) is 0. The molecule has 122 valence electrons. The highest BCUT2D eigenvalue weighted by atomic mass is 16.5. The zero-order valence-electron chi connectivity index (χ0n) is 13.3. The van der Waals surface area contributed by atoms with E-state index in [4.69, 9.17) is 15.2 Å². The van der Waals surface area contributed by atoms with E-state index in [0.29, 0.717) is 6.61 Å². The summed E-state index contributed by atoms with van der Waals surface area (Å²) in [5.41, 5.74) is 7.77. The van der Waals surface area contributed by atoms with Crippen LogP contribution in [-0.2, 0) is 6.42 Å². The maximum absolute atomic E-state index is 6.01. The normalized spacial score (nSPS) is 16.4. The second kappa shape index (κ2) is 7.88. The molecule has 1 aliphatic heterocycles. The Bertz CT molecular complexity index is 630. The molecule has 0 radical (unpaired) electrons. The molecule has 2 aromatic rings. The number of hydrogen-bond acceptors (Lipinski definition) is 4. The first kappa shape index (κ1) is 15.7. The standard InChI is InChI=1S/C19H24N2O2/c20-16-6-3-7-17(13-16)22-12-4-11-21-14-18-10-9-15-5-1-2-8-19(15)23-18/h1-3,5-8,13,18,21H,4,9-12,14,20H2/t18-/m0/s1. The summed E-state index contributed by atoms with van der Waals surface area (Å²) in [4.78, 5) is 0. The molecular formula is C19H24N2O2. The van der Waals surface area contributed by atoms with E-state index in [2.05, 4.69) is 23.5 Å². The second-order valence-electron chi connectivity index (χ2n) is 5.86. The van der Waals surface area contributed by atoms with Gasteiger partial charge in [-0.05, 0) is 49.6 Å². The Morgan fingerprint density at radius 2 is 2.09 bits per heavy atom. The van der Waals surface area contributed by atoms with Crippen LogP contribution >= 0.6 is 0 Å². The quantitative estimate of drug-likeness (QED) is 0.609. The Hall–Kier alpha value is -2.20. The van der Waals surface area contributed by atoms with Gasteiger partial charge in [0, 0.05) is 18.3 Å². The minimum absolute atomic E-state index is 0.264. The van der Waals surface area contributed by atoms with Gasteiger partial charge in [-0.3, -0.25) is 0 Å². The van der Waals surface area contributed by atoms with Crippen molar-refractivity contribution in [3.05, 3.63) is 54.1 Å². The maximum atomic E-state index is 6.01. The number of para-hydroxylation sites is 1. The smallest absolute Gasteiger partial charge is 0.122 e. The minimum atomic E-state index is 0.264. The lowest BCUT2D eigenvalue weighted by Crippen LogP contribution is -2.34. The lowest BCUT2D eigenvalue weighted by Gasteiger charge is -2.26. The van der Waals surface area contributed by atoms with Crippen molar-refractivity contribution in [1.29, 1.82) is 0 Å². The Morgan fingerprint density at radius 1 is 1.17 bits per heavy atom. The van der Waals surface area contributed by atoms with E-state index in [1.807, 2.05) is 30.3 Å². The average Bonchev–Trinajstić information content (AvgIpc) is 2.58. The highest BCUT2D eigenvalue weighted by Crippen LogP contribution is 2.26. The van der Waals surface area contributed by atoms with Gasteiger partial charge in [0.2, 0.25) is 0 Å². The van der Waals surface area contributed by atoms with Crippen molar-refractivity contribution >= 4 is 5.69 Å². The van der Waals surface area contributed by atoms with Crippen LogP contribution in [0.2, 0.25) is 0 Å². The van der Waals surface area contributed by atoms with E-state index in [1.54, 1.807) is 0 Å². The number of nitrogens with two attached hydrogens (primary N) is 1. The molecule has 0 aromatic heterocycles. The van der Waals surface area contributed by atoms with Gasteiger partial charge in [0.1, 0.15) is 17.6 Å². The number of hydrogen-bond donors (Lipinski definition) is 2. The molecule has 3 rings (SSSR count). The molecule has 0 unspecified atom stereocenters. The number of nitrogens with one attached hydrogen (secondary N) is 1. The van der Waals surface area contributed by atoms with E-state index < -0.39 is 0 Å². The first-order chi connectivity index (χ1) is 11.3. The van der Waals surface area contributed by atoms with Crippen LogP contribution in [0.15, 0.2) is 48.5 Å². The molecule has 23 heavy (non-hydrogen) atoms. The summed E-state index contributed by atoms with van der Waals surface area (Å²) in [6, 6.07) is 15.8. The molecular weight excluding hydrogens is 288 g/mol. The van der Waals surface area contributed by atoms with Crippen molar-refractivity contribution < 1.29 is 9.47 Å². The topological polar surface area (TPSA) is 56.5 Å². The Labute approximate surface area is 137 Å². The van der Waals surface area contributed by atoms with Crippen LogP contribution in [0, 0.1) is 0 Å². The van der Waals surface area contributed by atoms with Crippen LogP contribution in [0.25, 0.3) is 0 Å². The summed E-state index contributed by atoms with van der Waals surface area (Å²) in [6.45, 7) is 2.49. The van der Waals surface area contributed by atoms with Crippen molar-refractivity contribution in [3.63, 3.8) is 0 Å². The van der Waals surface area contributed by atoms with Gasteiger partial charge in [-0.25, -0.2) is 0 Å². The van der Waals surface area contributed by atoms with Crippen molar-refractivity contribution in [3.8, 4) is 11.5 Å². The van der Waals surface area contributed by atoms with Gasteiger partial charge in [-0.2, -0.15) is 0 Å². The fraction of sp³-hybridized carbons (Fsp3) is 0.368. The molecule has 1 atom stereocenters. The SMILES string of the molecule is Nc1cccc(OCCCNC[C@@H]2CCc3ccccc3O2)c1. The molecule has 4 heteroatoms. The lowest BCUT2D eigenvalue weighted by atomic mass is 10.0. The van der Waals surface area contributed by atoms with E-state index in [-0.39, 0.29) is 6.10 Å². The number of anilines is 1. The molecule has 4 nitrogen and oxygen atoms in total.